The van der Waals surface area contributed by atoms with Gasteiger partial charge >= 0.3 is 5.97 Å². The van der Waals surface area contributed by atoms with Gasteiger partial charge in [-0.05, 0) is 17.5 Å². The van der Waals surface area contributed by atoms with Gasteiger partial charge < -0.3 is 14.2 Å². The maximum atomic E-state index is 12.7. The number of methoxy groups -OCH3 is 2. The maximum Gasteiger partial charge on any atom is 0.308 e. The molecule has 0 aliphatic heterocycles. The van der Waals surface area contributed by atoms with E-state index in [9.17, 15) is 14.4 Å². The van der Waals surface area contributed by atoms with Gasteiger partial charge in [0.2, 0.25) is 5.78 Å². The van der Waals surface area contributed by atoms with Crippen molar-refractivity contribution in [3.05, 3.63) is 47.2 Å². The molecular weight excluding hydrogens is 312 g/mol. The van der Waals surface area contributed by atoms with Crippen molar-refractivity contribution < 1.29 is 28.6 Å². The summed E-state index contributed by atoms with van der Waals surface area (Å²) in [5.74, 6) is -0.740. The Bertz CT molecular complexity index is 923. The van der Waals surface area contributed by atoms with Crippen LogP contribution in [-0.2, 0) is 9.53 Å². The fourth-order valence-electron chi connectivity index (χ4n) is 2.73. The molecule has 0 radical (unpaired) electrons. The number of ether oxygens (including phenoxy) is 3. The third kappa shape index (κ3) is 2.42. The second-order valence-electron chi connectivity index (χ2n) is 5.21. The van der Waals surface area contributed by atoms with Crippen LogP contribution in [0.15, 0.2) is 36.1 Å². The third-order valence-electron chi connectivity index (χ3n) is 3.74. The van der Waals surface area contributed by atoms with Crippen LogP contribution in [-0.4, -0.2) is 31.8 Å². The highest BCUT2D eigenvalue weighted by atomic mass is 16.5. The first-order chi connectivity index (χ1) is 11.5. The summed E-state index contributed by atoms with van der Waals surface area (Å²) in [5.41, 5.74) is 0.405. The number of esters is 1. The number of allylic oxidation sites excluding steroid dienone is 2. The van der Waals surface area contributed by atoms with E-state index in [-0.39, 0.29) is 28.4 Å². The lowest BCUT2D eigenvalue weighted by molar-refractivity contribution is -0.131. The summed E-state index contributed by atoms with van der Waals surface area (Å²) in [6.45, 7) is 1.26. The van der Waals surface area contributed by atoms with Gasteiger partial charge in [0.1, 0.15) is 11.5 Å². The summed E-state index contributed by atoms with van der Waals surface area (Å²) >= 11 is 0. The van der Waals surface area contributed by atoms with Crippen LogP contribution in [0.5, 0.6) is 11.5 Å². The van der Waals surface area contributed by atoms with Crippen LogP contribution in [0.4, 0.5) is 0 Å². The van der Waals surface area contributed by atoms with Crippen molar-refractivity contribution in [2.45, 2.75) is 6.92 Å². The Morgan fingerprint density at radius 2 is 1.79 bits per heavy atom. The number of benzene rings is 2. The molecule has 1 aliphatic carbocycles. The Labute approximate surface area is 137 Å². The smallest absolute Gasteiger partial charge is 0.308 e. The van der Waals surface area contributed by atoms with Crippen LogP contribution in [0.2, 0.25) is 0 Å². The van der Waals surface area contributed by atoms with Crippen molar-refractivity contribution in [2.75, 3.05) is 14.2 Å². The normalized spacial score (nSPS) is 13.4. The van der Waals surface area contributed by atoms with Gasteiger partial charge in [0.25, 0.3) is 0 Å². The van der Waals surface area contributed by atoms with Crippen LogP contribution in [0.1, 0.15) is 27.6 Å². The van der Waals surface area contributed by atoms with Gasteiger partial charge in [-0.15, -0.1) is 0 Å². The lowest BCUT2D eigenvalue weighted by Crippen LogP contribution is -2.19. The molecule has 0 spiro atoms. The van der Waals surface area contributed by atoms with Gasteiger partial charge in [0.15, 0.2) is 11.5 Å². The molecule has 0 heterocycles. The van der Waals surface area contributed by atoms with Crippen LogP contribution in [0, 0.1) is 0 Å². The Morgan fingerprint density at radius 3 is 2.42 bits per heavy atom. The molecule has 24 heavy (non-hydrogen) atoms. The number of rotatable bonds is 3. The standard InChI is InChI=1S/C18H14O6/c1-9(19)24-14-7-11(22-2)6-10-4-5-12-13(20)8-15(23-3)18(21)17(12)16(10)14/h4-8H,1-3H3. The molecule has 122 valence electrons. The minimum Gasteiger partial charge on any atom is -0.497 e. The zero-order valence-corrected chi connectivity index (χ0v) is 13.3. The van der Waals surface area contributed by atoms with Crippen molar-refractivity contribution in [3.8, 4) is 11.5 Å². The molecule has 0 amide bonds. The zero-order chi connectivity index (χ0) is 17.4. The first kappa shape index (κ1) is 15.7. The Morgan fingerprint density at radius 1 is 1.04 bits per heavy atom. The third-order valence-corrected chi connectivity index (χ3v) is 3.74. The summed E-state index contributed by atoms with van der Waals surface area (Å²) in [6, 6.07) is 6.45. The van der Waals surface area contributed by atoms with Crippen LogP contribution in [0.25, 0.3) is 10.8 Å². The van der Waals surface area contributed by atoms with E-state index in [0.29, 0.717) is 16.5 Å². The molecule has 2 aromatic carbocycles. The largest absolute Gasteiger partial charge is 0.497 e. The van der Waals surface area contributed by atoms with Crippen LogP contribution >= 0.6 is 0 Å². The number of carbonyl (C=O) groups excluding carboxylic acids is 3. The van der Waals surface area contributed by atoms with Crippen LogP contribution < -0.4 is 9.47 Å². The molecule has 0 saturated carbocycles. The second kappa shape index (κ2) is 5.81. The fraction of sp³-hybridized carbons (Fsp3) is 0.167. The van der Waals surface area contributed by atoms with E-state index in [0.717, 1.165) is 6.08 Å². The van der Waals surface area contributed by atoms with Gasteiger partial charge in [-0.25, -0.2) is 0 Å². The highest BCUT2D eigenvalue weighted by Crippen LogP contribution is 2.38. The van der Waals surface area contributed by atoms with E-state index in [1.54, 1.807) is 18.2 Å². The Hall–Kier alpha value is -3.15. The molecule has 2 aromatic rings. The average molecular weight is 326 g/mol. The minimum atomic E-state index is -0.542. The molecule has 0 saturated heterocycles. The second-order valence-corrected chi connectivity index (χ2v) is 5.21. The van der Waals surface area contributed by atoms with Crippen molar-refractivity contribution in [3.63, 3.8) is 0 Å². The predicted molar refractivity (Wildman–Crippen MR) is 85.6 cm³/mol. The highest BCUT2D eigenvalue weighted by molar-refractivity contribution is 6.29. The van der Waals surface area contributed by atoms with Crippen molar-refractivity contribution in [1.82, 2.24) is 0 Å². The number of hydrogen-bond acceptors (Lipinski definition) is 6. The number of carbonyl (C=O) groups is 3. The number of fused-ring (bicyclic) bond motifs is 3. The van der Waals surface area contributed by atoms with E-state index >= 15 is 0 Å². The van der Waals surface area contributed by atoms with E-state index in [4.69, 9.17) is 14.2 Å². The van der Waals surface area contributed by atoms with E-state index in [1.807, 2.05) is 0 Å². The van der Waals surface area contributed by atoms with Gasteiger partial charge in [0.05, 0.1) is 14.2 Å². The zero-order valence-electron chi connectivity index (χ0n) is 13.3. The lowest BCUT2D eigenvalue weighted by Gasteiger charge is -2.18. The average Bonchev–Trinajstić information content (AvgIpc) is 2.56. The summed E-state index contributed by atoms with van der Waals surface area (Å²) in [7, 11) is 2.81. The molecule has 0 bridgehead atoms. The first-order valence-electron chi connectivity index (χ1n) is 7.14. The van der Waals surface area contributed by atoms with E-state index < -0.39 is 11.8 Å². The quantitative estimate of drug-likeness (QED) is 0.637. The summed E-state index contributed by atoms with van der Waals surface area (Å²) in [6.07, 6.45) is 1.16. The molecule has 0 unspecified atom stereocenters. The Balaban J connectivity index is 2.39. The van der Waals surface area contributed by atoms with Crippen molar-refractivity contribution in [2.24, 2.45) is 0 Å². The van der Waals surface area contributed by atoms with Crippen molar-refractivity contribution >= 4 is 28.3 Å². The topological polar surface area (TPSA) is 78.9 Å². The highest BCUT2D eigenvalue weighted by Gasteiger charge is 2.30. The summed E-state index contributed by atoms with van der Waals surface area (Å²) in [5, 5.41) is 0.993. The molecule has 0 aromatic heterocycles. The number of Topliss-reactive ketones (excluding diaryl/α,β-unsaturated/α-hetero) is 1. The number of hydrogen-bond donors (Lipinski definition) is 0. The summed E-state index contributed by atoms with van der Waals surface area (Å²) in [4.78, 5) is 36.4. The van der Waals surface area contributed by atoms with Gasteiger partial charge in [0, 0.05) is 35.6 Å². The van der Waals surface area contributed by atoms with Gasteiger partial charge in [-0.3, -0.25) is 14.4 Å². The van der Waals surface area contributed by atoms with Crippen molar-refractivity contribution in [1.29, 1.82) is 0 Å². The monoisotopic (exact) mass is 326 g/mol. The van der Waals surface area contributed by atoms with Gasteiger partial charge in [-0.2, -0.15) is 0 Å². The van der Waals surface area contributed by atoms with Crippen LogP contribution in [0.3, 0.4) is 0 Å². The van der Waals surface area contributed by atoms with E-state index in [2.05, 4.69) is 0 Å². The first-order valence-corrected chi connectivity index (χ1v) is 7.14. The molecule has 6 nitrogen and oxygen atoms in total. The summed E-state index contributed by atoms with van der Waals surface area (Å²) < 4.78 is 15.4. The molecule has 6 heteroatoms. The number of ketones is 2. The molecule has 0 atom stereocenters. The fourth-order valence-corrected chi connectivity index (χ4v) is 2.73. The van der Waals surface area contributed by atoms with Gasteiger partial charge in [-0.1, -0.05) is 6.07 Å². The lowest BCUT2D eigenvalue weighted by atomic mass is 9.88. The molecule has 0 N–H and O–H groups in total. The molecule has 3 rings (SSSR count). The molecular formula is C18H14O6. The van der Waals surface area contributed by atoms with E-state index in [1.165, 1.54) is 27.2 Å². The molecule has 1 aliphatic rings. The predicted octanol–water partition coefficient (Wildman–Crippen LogP) is 2.68. The maximum absolute atomic E-state index is 12.7. The Kier molecular flexibility index (Phi) is 3.81. The SMILES string of the molecule is COC1=CC(=O)c2ccc3cc(OC)cc(OC(C)=O)c3c2C1=O. The minimum absolute atomic E-state index is 0.0513. The molecule has 0 fully saturated rings.